The predicted molar refractivity (Wildman–Crippen MR) is 56.4 cm³/mol. The fraction of sp³-hybridized carbons (Fsp3) is 0.700. The maximum Gasteiger partial charge on any atom is 0.0974 e. The molecule has 0 aliphatic carbocycles. The third-order valence-electron chi connectivity index (χ3n) is 2.69. The molecular formula is C10H16N2S. The molecule has 0 amide bonds. The Labute approximate surface area is 83.4 Å². The van der Waals surface area contributed by atoms with Crippen molar-refractivity contribution in [3.05, 3.63) is 15.6 Å². The summed E-state index contributed by atoms with van der Waals surface area (Å²) in [5.41, 5.74) is 1.21. The number of aryl methyl sites for hydroxylation is 2. The molecule has 1 N–H and O–H groups in total. The SMILES string of the molecule is Cc1nc([C@@H]2CCCNC2)sc1C. The van der Waals surface area contributed by atoms with Crippen LogP contribution in [0.3, 0.4) is 0 Å². The number of thiazole rings is 1. The first-order valence-corrected chi connectivity index (χ1v) is 5.73. The Kier molecular flexibility index (Phi) is 2.65. The van der Waals surface area contributed by atoms with Crippen LogP contribution in [-0.4, -0.2) is 18.1 Å². The number of hydrogen-bond acceptors (Lipinski definition) is 3. The van der Waals surface area contributed by atoms with Crippen LogP contribution in [0.1, 0.15) is 34.3 Å². The van der Waals surface area contributed by atoms with Gasteiger partial charge in [-0.2, -0.15) is 0 Å². The van der Waals surface area contributed by atoms with Crippen molar-refractivity contribution >= 4 is 11.3 Å². The first kappa shape index (κ1) is 9.16. The lowest BCUT2D eigenvalue weighted by molar-refractivity contribution is 0.460. The van der Waals surface area contributed by atoms with E-state index in [0.29, 0.717) is 5.92 Å². The van der Waals surface area contributed by atoms with Crippen molar-refractivity contribution < 1.29 is 0 Å². The molecule has 1 fully saturated rings. The van der Waals surface area contributed by atoms with Crippen molar-refractivity contribution in [1.29, 1.82) is 0 Å². The van der Waals surface area contributed by atoms with Crippen LogP contribution in [0, 0.1) is 13.8 Å². The second-order valence-corrected chi connectivity index (χ2v) is 4.97. The third kappa shape index (κ3) is 1.92. The quantitative estimate of drug-likeness (QED) is 0.745. The van der Waals surface area contributed by atoms with E-state index in [-0.39, 0.29) is 0 Å². The molecule has 1 aliphatic heterocycles. The summed E-state index contributed by atoms with van der Waals surface area (Å²) in [6.07, 6.45) is 2.60. The zero-order valence-corrected chi connectivity index (χ0v) is 9.08. The minimum absolute atomic E-state index is 0.672. The molecule has 2 nitrogen and oxygen atoms in total. The Morgan fingerprint density at radius 1 is 1.46 bits per heavy atom. The minimum atomic E-state index is 0.672. The number of rotatable bonds is 1. The second-order valence-electron chi connectivity index (χ2n) is 3.74. The van der Waals surface area contributed by atoms with Crippen LogP contribution < -0.4 is 5.32 Å². The van der Waals surface area contributed by atoms with E-state index >= 15 is 0 Å². The van der Waals surface area contributed by atoms with E-state index in [1.807, 2.05) is 11.3 Å². The van der Waals surface area contributed by atoms with Gasteiger partial charge in [0.05, 0.1) is 10.7 Å². The average Bonchev–Trinajstić information content (AvgIpc) is 2.49. The van der Waals surface area contributed by atoms with E-state index in [1.165, 1.54) is 35.0 Å². The summed E-state index contributed by atoms with van der Waals surface area (Å²) in [5.74, 6) is 0.672. The normalized spacial score (nSPS) is 23.4. The van der Waals surface area contributed by atoms with Crippen molar-refractivity contribution in [2.75, 3.05) is 13.1 Å². The molecule has 1 aliphatic rings. The zero-order chi connectivity index (χ0) is 9.26. The van der Waals surface area contributed by atoms with Crippen LogP contribution in [0.15, 0.2) is 0 Å². The number of nitrogens with zero attached hydrogens (tertiary/aromatic N) is 1. The van der Waals surface area contributed by atoms with Crippen LogP contribution in [0.2, 0.25) is 0 Å². The van der Waals surface area contributed by atoms with Crippen LogP contribution in [0.4, 0.5) is 0 Å². The largest absolute Gasteiger partial charge is 0.316 e. The molecule has 1 aromatic rings. The highest BCUT2D eigenvalue weighted by Crippen LogP contribution is 2.28. The molecule has 0 radical (unpaired) electrons. The molecule has 3 heteroatoms. The van der Waals surface area contributed by atoms with Gasteiger partial charge in [0.25, 0.3) is 0 Å². The number of aromatic nitrogens is 1. The van der Waals surface area contributed by atoms with Gasteiger partial charge in [-0.05, 0) is 33.2 Å². The standard InChI is InChI=1S/C10H16N2S/c1-7-8(2)13-10(12-7)9-4-3-5-11-6-9/h9,11H,3-6H2,1-2H3/t9-/m1/s1. The molecule has 13 heavy (non-hydrogen) atoms. The van der Waals surface area contributed by atoms with Gasteiger partial charge in [-0.15, -0.1) is 11.3 Å². The van der Waals surface area contributed by atoms with E-state index in [4.69, 9.17) is 0 Å². The van der Waals surface area contributed by atoms with E-state index < -0.39 is 0 Å². The van der Waals surface area contributed by atoms with Gasteiger partial charge in [0.2, 0.25) is 0 Å². The summed E-state index contributed by atoms with van der Waals surface area (Å²) in [6.45, 7) is 6.56. The monoisotopic (exact) mass is 196 g/mol. The van der Waals surface area contributed by atoms with Gasteiger partial charge in [0, 0.05) is 17.3 Å². The third-order valence-corrected chi connectivity index (χ3v) is 3.93. The van der Waals surface area contributed by atoms with Crippen molar-refractivity contribution in [2.45, 2.75) is 32.6 Å². The van der Waals surface area contributed by atoms with Gasteiger partial charge in [-0.25, -0.2) is 4.98 Å². The Bertz CT molecular complexity index is 268. The highest BCUT2D eigenvalue weighted by molar-refractivity contribution is 7.11. The van der Waals surface area contributed by atoms with E-state index in [9.17, 15) is 0 Å². The molecule has 0 spiro atoms. The van der Waals surface area contributed by atoms with Crippen molar-refractivity contribution in [1.82, 2.24) is 10.3 Å². The Hall–Kier alpha value is -0.410. The van der Waals surface area contributed by atoms with Crippen LogP contribution in [0.25, 0.3) is 0 Å². The molecule has 0 aromatic carbocycles. The average molecular weight is 196 g/mol. The van der Waals surface area contributed by atoms with Gasteiger partial charge in [-0.1, -0.05) is 0 Å². The molecule has 0 bridgehead atoms. The molecule has 72 valence electrons. The van der Waals surface area contributed by atoms with Crippen molar-refractivity contribution in [2.24, 2.45) is 0 Å². The second kappa shape index (κ2) is 3.76. The summed E-state index contributed by atoms with van der Waals surface area (Å²) >= 11 is 1.87. The summed E-state index contributed by atoms with van der Waals surface area (Å²) in [4.78, 5) is 5.99. The highest BCUT2D eigenvalue weighted by Gasteiger charge is 2.18. The Morgan fingerprint density at radius 2 is 2.31 bits per heavy atom. The van der Waals surface area contributed by atoms with Gasteiger partial charge >= 0.3 is 0 Å². The van der Waals surface area contributed by atoms with Crippen molar-refractivity contribution in [3.8, 4) is 0 Å². The maximum absolute atomic E-state index is 4.61. The predicted octanol–water partition coefficient (Wildman–Crippen LogP) is 2.23. The summed E-state index contributed by atoms with van der Waals surface area (Å²) in [5, 5.41) is 4.76. The van der Waals surface area contributed by atoms with Crippen LogP contribution in [-0.2, 0) is 0 Å². The first-order valence-electron chi connectivity index (χ1n) is 4.92. The first-order chi connectivity index (χ1) is 6.27. The number of piperidine rings is 1. The summed E-state index contributed by atoms with van der Waals surface area (Å²) < 4.78 is 0. The maximum atomic E-state index is 4.61. The van der Waals surface area contributed by atoms with Gasteiger partial charge < -0.3 is 5.32 Å². The number of nitrogens with one attached hydrogen (secondary N) is 1. The zero-order valence-electron chi connectivity index (χ0n) is 8.26. The van der Waals surface area contributed by atoms with E-state index in [2.05, 4.69) is 24.1 Å². The lowest BCUT2D eigenvalue weighted by atomic mass is 10.0. The van der Waals surface area contributed by atoms with E-state index in [1.54, 1.807) is 0 Å². The van der Waals surface area contributed by atoms with Crippen LogP contribution in [0.5, 0.6) is 0 Å². The van der Waals surface area contributed by atoms with E-state index in [0.717, 1.165) is 6.54 Å². The molecular weight excluding hydrogens is 180 g/mol. The smallest absolute Gasteiger partial charge is 0.0974 e. The lowest BCUT2D eigenvalue weighted by Gasteiger charge is -2.20. The molecule has 0 saturated carbocycles. The van der Waals surface area contributed by atoms with Crippen LogP contribution >= 0.6 is 11.3 Å². The molecule has 1 saturated heterocycles. The number of hydrogen-bond donors (Lipinski definition) is 1. The van der Waals surface area contributed by atoms with Crippen molar-refractivity contribution in [3.63, 3.8) is 0 Å². The summed E-state index contributed by atoms with van der Waals surface area (Å²) in [6, 6.07) is 0. The molecule has 2 rings (SSSR count). The van der Waals surface area contributed by atoms with Gasteiger partial charge in [-0.3, -0.25) is 0 Å². The Morgan fingerprint density at radius 3 is 2.85 bits per heavy atom. The van der Waals surface area contributed by atoms with Gasteiger partial charge in [0.1, 0.15) is 0 Å². The fourth-order valence-electron chi connectivity index (χ4n) is 1.73. The molecule has 1 aromatic heterocycles. The summed E-state index contributed by atoms with van der Waals surface area (Å²) in [7, 11) is 0. The molecule has 2 heterocycles. The highest BCUT2D eigenvalue weighted by atomic mass is 32.1. The molecule has 0 unspecified atom stereocenters. The minimum Gasteiger partial charge on any atom is -0.316 e. The Balaban J connectivity index is 2.14. The van der Waals surface area contributed by atoms with Gasteiger partial charge in [0.15, 0.2) is 0 Å². The fourth-order valence-corrected chi connectivity index (χ4v) is 2.79. The molecule has 1 atom stereocenters. The lowest BCUT2D eigenvalue weighted by Crippen LogP contribution is -2.28. The topological polar surface area (TPSA) is 24.9 Å².